The Morgan fingerprint density at radius 2 is 2.00 bits per heavy atom. The lowest BCUT2D eigenvalue weighted by atomic mass is 10.1. The minimum absolute atomic E-state index is 0.302. The number of aryl methyl sites for hydroxylation is 2. The molecule has 1 heterocycles. The van der Waals surface area contributed by atoms with Crippen LogP contribution in [0.4, 0.5) is 0 Å². The SMILES string of the molecule is Clc1nccc(Sc2ccc3c(c2)CCC3)n1. The lowest BCUT2D eigenvalue weighted by Gasteiger charge is -2.04. The van der Waals surface area contributed by atoms with Crippen molar-refractivity contribution in [2.24, 2.45) is 0 Å². The number of aromatic nitrogens is 2. The molecular formula is C13H11ClN2S. The van der Waals surface area contributed by atoms with E-state index in [0.717, 1.165) is 5.03 Å². The first kappa shape index (κ1) is 11.1. The minimum Gasteiger partial charge on any atom is -0.226 e. The second-order valence-corrected chi connectivity index (χ2v) is 5.48. The molecule has 0 spiro atoms. The second kappa shape index (κ2) is 4.67. The van der Waals surface area contributed by atoms with Crippen LogP contribution in [0.15, 0.2) is 40.4 Å². The van der Waals surface area contributed by atoms with Gasteiger partial charge in [0.15, 0.2) is 0 Å². The number of benzene rings is 1. The van der Waals surface area contributed by atoms with Crippen LogP contribution in [0.5, 0.6) is 0 Å². The van der Waals surface area contributed by atoms with Gasteiger partial charge in [-0.25, -0.2) is 9.97 Å². The number of nitrogens with zero attached hydrogens (tertiary/aromatic N) is 2. The van der Waals surface area contributed by atoms with Gasteiger partial charge in [0.25, 0.3) is 0 Å². The predicted octanol–water partition coefficient (Wildman–Crippen LogP) is 3.77. The fourth-order valence-corrected chi connectivity index (χ4v) is 3.15. The molecule has 1 aromatic carbocycles. The van der Waals surface area contributed by atoms with Gasteiger partial charge in [-0.1, -0.05) is 17.8 Å². The summed E-state index contributed by atoms with van der Waals surface area (Å²) in [6.45, 7) is 0. The zero-order valence-corrected chi connectivity index (χ0v) is 10.8. The molecule has 0 radical (unpaired) electrons. The van der Waals surface area contributed by atoms with Crippen LogP contribution in [0.25, 0.3) is 0 Å². The molecule has 1 aliphatic carbocycles. The third-order valence-corrected chi connectivity index (χ3v) is 4.00. The molecule has 1 aromatic heterocycles. The topological polar surface area (TPSA) is 25.8 Å². The van der Waals surface area contributed by atoms with Gasteiger partial charge in [-0.2, -0.15) is 0 Å². The zero-order valence-electron chi connectivity index (χ0n) is 9.19. The van der Waals surface area contributed by atoms with E-state index in [0.29, 0.717) is 5.28 Å². The first-order chi connectivity index (χ1) is 8.31. The van der Waals surface area contributed by atoms with Crippen LogP contribution in [0.2, 0.25) is 5.28 Å². The van der Waals surface area contributed by atoms with Gasteiger partial charge in [-0.05, 0) is 60.2 Å². The molecule has 1 aliphatic rings. The molecule has 0 saturated heterocycles. The van der Waals surface area contributed by atoms with Gasteiger partial charge in [0.1, 0.15) is 5.03 Å². The summed E-state index contributed by atoms with van der Waals surface area (Å²) in [5, 5.41) is 1.19. The third kappa shape index (κ3) is 2.45. The van der Waals surface area contributed by atoms with E-state index in [9.17, 15) is 0 Å². The molecular weight excluding hydrogens is 252 g/mol. The lowest BCUT2D eigenvalue weighted by molar-refractivity contribution is 0.911. The molecule has 2 nitrogen and oxygen atoms in total. The summed E-state index contributed by atoms with van der Waals surface area (Å²) >= 11 is 7.40. The summed E-state index contributed by atoms with van der Waals surface area (Å²) in [5.74, 6) is 0. The molecule has 17 heavy (non-hydrogen) atoms. The molecule has 4 heteroatoms. The van der Waals surface area contributed by atoms with Gasteiger partial charge in [-0.3, -0.25) is 0 Å². The van der Waals surface area contributed by atoms with Gasteiger partial charge in [0.05, 0.1) is 0 Å². The Hall–Kier alpha value is -1.06. The Bertz CT molecular complexity index is 557. The van der Waals surface area contributed by atoms with Crippen LogP contribution in [0, 0.1) is 0 Å². The van der Waals surface area contributed by atoms with Gasteiger partial charge in [-0.15, -0.1) is 0 Å². The molecule has 0 saturated carbocycles. The van der Waals surface area contributed by atoms with Crippen molar-refractivity contribution in [2.75, 3.05) is 0 Å². The van der Waals surface area contributed by atoms with Crippen molar-refractivity contribution in [3.8, 4) is 0 Å². The number of rotatable bonds is 2. The molecule has 0 N–H and O–H groups in total. The van der Waals surface area contributed by atoms with Gasteiger partial charge >= 0.3 is 0 Å². The number of hydrogen-bond acceptors (Lipinski definition) is 3. The highest BCUT2D eigenvalue weighted by Gasteiger charge is 2.11. The van der Waals surface area contributed by atoms with Gasteiger partial charge < -0.3 is 0 Å². The summed E-state index contributed by atoms with van der Waals surface area (Å²) in [6.07, 6.45) is 5.39. The van der Waals surface area contributed by atoms with Crippen LogP contribution in [0.1, 0.15) is 17.5 Å². The summed E-state index contributed by atoms with van der Waals surface area (Å²) in [6, 6.07) is 8.53. The number of halogens is 1. The number of fused-ring (bicyclic) bond motifs is 1. The first-order valence-electron chi connectivity index (χ1n) is 5.59. The van der Waals surface area contributed by atoms with E-state index in [1.54, 1.807) is 18.0 Å². The monoisotopic (exact) mass is 262 g/mol. The van der Waals surface area contributed by atoms with Gasteiger partial charge in [0, 0.05) is 11.1 Å². The second-order valence-electron chi connectivity index (χ2n) is 4.05. The van der Waals surface area contributed by atoms with Crippen LogP contribution in [-0.4, -0.2) is 9.97 Å². The number of hydrogen-bond donors (Lipinski definition) is 0. The maximum Gasteiger partial charge on any atom is 0.223 e. The Kier molecular flexibility index (Phi) is 3.04. The summed E-state index contributed by atoms with van der Waals surface area (Å²) in [4.78, 5) is 9.28. The van der Waals surface area contributed by atoms with Crippen molar-refractivity contribution >= 4 is 23.4 Å². The predicted molar refractivity (Wildman–Crippen MR) is 69.6 cm³/mol. The molecule has 86 valence electrons. The molecule has 0 aliphatic heterocycles. The average Bonchev–Trinajstić information content (AvgIpc) is 2.76. The van der Waals surface area contributed by atoms with Gasteiger partial charge in [0.2, 0.25) is 5.28 Å². The lowest BCUT2D eigenvalue weighted by Crippen LogP contribution is -1.86. The average molecular weight is 263 g/mol. The van der Waals surface area contributed by atoms with Crippen molar-refractivity contribution < 1.29 is 0 Å². The Morgan fingerprint density at radius 1 is 1.12 bits per heavy atom. The van der Waals surface area contributed by atoms with E-state index < -0.39 is 0 Å². The first-order valence-corrected chi connectivity index (χ1v) is 6.79. The standard InChI is InChI=1S/C13H11ClN2S/c14-13-15-7-6-12(16-13)17-11-5-4-9-2-1-3-10(9)8-11/h4-8H,1-3H2. The van der Waals surface area contributed by atoms with E-state index in [1.807, 2.05) is 6.07 Å². The van der Waals surface area contributed by atoms with E-state index >= 15 is 0 Å². The highest BCUT2D eigenvalue weighted by molar-refractivity contribution is 7.99. The molecule has 0 fully saturated rings. The highest BCUT2D eigenvalue weighted by atomic mass is 35.5. The molecule has 0 bridgehead atoms. The van der Waals surface area contributed by atoms with E-state index in [4.69, 9.17) is 11.6 Å². The maximum absolute atomic E-state index is 5.77. The molecule has 2 aromatic rings. The smallest absolute Gasteiger partial charge is 0.223 e. The molecule has 0 atom stereocenters. The molecule has 0 unspecified atom stereocenters. The maximum atomic E-state index is 5.77. The van der Waals surface area contributed by atoms with Crippen molar-refractivity contribution in [3.63, 3.8) is 0 Å². The fraction of sp³-hybridized carbons (Fsp3) is 0.231. The largest absolute Gasteiger partial charge is 0.226 e. The van der Waals surface area contributed by atoms with E-state index in [2.05, 4.69) is 28.2 Å². The minimum atomic E-state index is 0.302. The molecule has 0 amide bonds. The van der Waals surface area contributed by atoms with Crippen molar-refractivity contribution in [1.29, 1.82) is 0 Å². The zero-order chi connectivity index (χ0) is 11.7. The Balaban J connectivity index is 1.86. The normalized spacial score (nSPS) is 13.7. The van der Waals surface area contributed by atoms with E-state index in [-0.39, 0.29) is 0 Å². The third-order valence-electron chi connectivity index (χ3n) is 2.89. The van der Waals surface area contributed by atoms with Crippen LogP contribution in [-0.2, 0) is 12.8 Å². The highest BCUT2D eigenvalue weighted by Crippen LogP contribution is 2.31. The van der Waals surface area contributed by atoms with Crippen molar-refractivity contribution in [1.82, 2.24) is 9.97 Å². The summed E-state index contributed by atoms with van der Waals surface area (Å²) in [7, 11) is 0. The van der Waals surface area contributed by atoms with E-state index in [1.165, 1.54) is 35.3 Å². The summed E-state index contributed by atoms with van der Waals surface area (Å²) in [5.41, 5.74) is 2.98. The molecule has 3 rings (SSSR count). The Morgan fingerprint density at radius 3 is 2.88 bits per heavy atom. The Labute approximate surface area is 109 Å². The van der Waals surface area contributed by atoms with Crippen LogP contribution >= 0.6 is 23.4 Å². The van der Waals surface area contributed by atoms with Crippen molar-refractivity contribution in [3.05, 3.63) is 46.9 Å². The van der Waals surface area contributed by atoms with Crippen molar-refractivity contribution in [2.45, 2.75) is 29.2 Å². The summed E-state index contributed by atoms with van der Waals surface area (Å²) < 4.78 is 0. The fourth-order valence-electron chi connectivity index (χ4n) is 2.11. The quantitative estimate of drug-likeness (QED) is 0.609. The van der Waals surface area contributed by atoms with Crippen LogP contribution < -0.4 is 0 Å². The van der Waals surface area contributed by atoms with Crippen LogP contribution in [0.3, 0.4) is 0 Å².